The Labute approximate surface area is 174 Å². The normalized spacial score (nSPS) is 16.1. The molecule has 0 radical (unpaired) electrons. The second kappa shape index (κ2) is 8.28. The Balaban J connectivity index is 1.52. The second-order valence-corrected chi connectivity index (χ2v) is 7.94. The van der Waals surface area contributed by atoms with Crippen molar-refractivity contribution in [3.8, 4) is 11.3 Å². The molecule has 0 spiro atoms. The molecule has 0 aliphatic carbocycles. The van der Waals surface area contributed by atoms with Crippen molar-refractivity contribution in [3.63, 3.8) is 0 Å². The maximum atomic E-state index is 13.5. The van der Waals surface area contributed by atoms with E-state index < -0.39 is 17.0 Å². The Bertz CT molecular complexity index is 1090. The summed E-state index contributed by atoms with van der Waals surface area (Å²) in [6, 6.07) is 14.3. The molecule has 1 atom stereocenters. The van der Waals surface area contributed by atoms with Crippen molar-refractivity contribution >= 4 is 40.1 Å². The predicted molar refractivity (Wildman–Crippen MR) is 113 cm³/mol. The molecule has 1 aliphatic rings. The molecule has 148 valence electrons. The highest BCUT2D eigenvalue weighted by molar-refractivity contribution is 7.84. The Morgan fingerprint density at radius 3 is 2.66 bits per heavy atom. The van der Waals surface area contributed by atoms with Crippen molar-refractivity contribution in [1.29, 1.82) is 0 Å². The van der Waals surface area contributed by atoms with E-state index in [0.29, 0.717) is 40.6 Å². The third-order valence-electron chi connectivity index (χ3n) is 4.38. The van der Waals surface area contributed by atoms with Crippen molar-refractivity contribution in [2.24, 2.45) is 0 Å². The number of carbonyl (C=O) groups is 1. The Morgan fingerprint density at radius 1 is 1.17 bits per heavy atom. The molecule has 29 heavy (non-hydrogen) atoms. The van der Waals surface area contributed by atoms with Crippen molar-refractivity contribution in [3.05, 3.63) is 77.2 Å². The van der Waals surface area contributed by atoms with Crippen LogP contribution < -0.4 is 14.3 Å². The second-order valence-electron chi connectivity index (χ2n) is 6.30. The van der Waals surface area contributed by atoms with Gasteiger partial charge in [0, 0.05) is 42.2 Å². The lowest BCUT2D eigenvalue weighted by molar-refractivity contribution is 0.102. The molecule has 1 fully saturated rings. The van der Waals surface area contributed by atoms with Gasteiger partial charge in [-0.1, -0.05) is 11.6 Å². The van der Waals surface area contributed by atoms with Crippen LogP contribution in [0.5, 0.6) is 0 Å². The van der Waals surface area contributed by atoms with Gasteiger partial charge >= 0.3 is 0 Å². The third kappa shape index (κ3) is 4.29. The fourth-order valence-electron chi connectivity index (χ4n) is 2.95. The molecule has 1 amide bonds. The molecule has 1 saturated heterocycles. The molecule has 9 heteroatoms. The van der Waals surface area contributed by atoms with Gasteiger partial charge in [-0.15, -0.1) is 0 Å². The van der Waals surface area contributed by atoms with Crippen molar-refractivity contribution in [2.45, 2.75) is 0 Å². The molecule has 3 aromatic rings. The van der Waals surface area contributed by atoms with Gasteiger partial charge in [0.2, 0.25) is 0 Å². The van der Waals surface area contributed by atoms with Crippen LogP contribution in [-0.4, -0.2) is 28.2 Å². The number of nitrogens with zero attached hydrogens (tertiary/aromatic N) is 2. The number of hydrogen-bond acceptors (Lipinski definition) is 3. The molecule has 1 aliphatic heterocycles. The Hall–Kier alpha value is -2.81. The van der Waals surface area contributed by atoms with Gasteiger partial charge in [0.1, 0.15) is 5.82 Å². The number of benzene rings is 2. The van der Waals surface area contributed by atoms with Crippen LogP contribution in [0.2, 0.25) is 5.02 Å². The number of halogens is 2. The average Bonchev–Trinajstić information content (AvgIpc) is 3.15. The van der Waals surface area contributed by atoms with E-state index in [2.05, 4.69) is 15.0 Å². The molecule has 6 nitrogen and oxygen atoms in total. The van der Waals surface area contributed by atoms with Crippen LogP contribution in [0.4, 0.5) is 15.8 Å². The summed E-state index contributed by atoms with van der Waals surface area (Å²) < 4.78 is 29.9. The highest BCUT2D eigenvalue weighted by Gasteiger charge is 2.20. The molecular weight excluding hydrogens is 415 g/mol. The van der Waals surface area contributed by atoms with Crippen LogP contribution >= 0.6 is 11.6 Å². The van der Waals surface area contributed by atoms with E-state index in [4.69, 9.17) is 11.6 Å². The zero-order valence-corrected chi connectivity index (χ0v) is 16.6. The van der Waals surface area contributed by atoms with E-state index in [1.165, 1.54) is 18.3 Å². The quantitative estimate of drug-likeness (QED) is 0.661. The van der Waals surface area contributed by atoms with Crippen LogP contribution in [0.25, 0.3) is 11.3 Å². The Kier molecular flexibility index (Phi) is 5.57. The van der Waals surface area contributed by atoms with Gasteiger partial charge in [-0.3, -0.25) is 14.1 Å². The standard InChI is InChI=1S/C20H16ClFN4O2S/c21-18-6-3-15(12-17(18)19-11-14(22)7-8-23-19)25-20(27)13-1-4-16(5-2-13)26-10-9-24-29(26)28/h1-8,11-12,24H,9-10H2,(H,25,27). The molecule has 4 rings (SSSR count). The van der Waals surface area contributed by atoms with E-state index >= 15 is 0 Å². The largest absolute Gasteiger partial charge is 0.322 e. The zero-order valence-electron chi connectivity index (χ0n) is 15.1. The Morgan fingerprint density at radius 2 is 1.97 bits per heavy atom. The fraction of sp³-hybridized carbons (Fsp3) is 0.100. The number of nitrogens with one attached hydrogen (secondary N) is 2. The lowest BCUT2D eigenvalue weighted by atomic mass is 10.1. The first kappa shape index (κ1) is 19.5. The van der Waals surface area contributed by atoms with Crippen molar-refractivity contribution < 1.29 is 13.4 Å². The minimum Gasteiger partial charge on any atom is -0.322 e. The van der Waals surface area contributed by atoms with E-state index in [9.17, 15) is 13.4 Å². The van der Waals surface area contributed by atoms with Crippen LogP contribution in [0.15, 0.2) is 60.8 Å². The minimum atomic E-state index is -1.25. The van der Waals surface area contributed by atoms with Gasteiger partial charge in [-0.25, -0.2) is 13.3 Å². The van der Waals surface area contributed by atoms with Gasteiger partial charge in [-0.2, -0.15) is 0 Å². The summed E-state index contributed by atoms with van der Waals surface area (Å²) in [5.41, 5.74) is 2.63. The summed E-state index contributed by atoms with van der Waals surface area (Å²) in [6.07, 6.45) is 1.36. The van der Waals surface area contributed by atoms with Gasteiger partial charge in [0.25, 0.3) is 5.91 Å². The topological polar surface area (TPSA) is 74.3 Å². The maximum absolute atomic E-state index is 13.5. The summed E-state index contributed by atoms with van der Waals surface area (Å²) in [5.74, 6) is -0.729. The van der Waals surface area contributed by atoms with Crippen LogP contribution in [0, 0.1) is 5.82 Å². The number of hydrogen-bond donors (Lipinski definition) is 2. The van der Waals surface area contributed by atoms with Gasteiger partial charge < -0.3 is 5.32 Å². The summed E-state index contributed by atoms with van der Waals surface area (Å²) in [7, 11) is 0. The highest BCUT2D eigenvalue weighted by Crippen LogP contribution is 2.30. The predicted octanol–water partition coefficient (Wildman–Crippen LogP) is 3.78. The monoisotopic (exact) mass is 430 g/mol. The van der Waals surface area contributed by atoms with E-state index in [1.807, 2.05) is 0 Å². The maximum Gasteiger partial charge on any atom is 0.255 e. The number of amides is 1. The molecule has 2 heterocycles. The summed E-state index contributed by atoms with van der Waals surface area (Å²) in [4.78, 5) is 16.7. The highest BCUT2D eigenvalue weighted by atomic mass is 35.5. The van der Waals surface area contributed by atoms with Crippen LogP contribution in [0.1, 0.15) is 10.4 Å². The van der Waals surface area contributed by atoms with E-state index in [-0.39, 0.29) is 5.91 Å². The first-order chi connectivity index (χ1) is 14.0. The molecule has 0 saturated carbocycles. The lowest BCUT2D eigenvalue weighted by Gasteiger charge is -2.15. The molecular formula is C20H16ClFN4O2S. The smallest absolute Gasteiger partial charge is 0.255 e. The summed E-state index contributed by atoms with van der Waals surface area (Å²) >= 11 is 4.97. The van der Waals surface area contributed by atoms with Crippen molar-refractivity contribution in [1.82, 2.24) is 9.71 Å². The van der Waals surface area contributed by atoms with Crippen LogP contribution in [0.3, 0.4) is 0 Å². The minimum absolute atomic E-state index is 0.308. The summed E-state index contributed by atoms with van der Waals surface area (Å²) in [5, 5.41) is 3.20. The van der Waals surface area contributed by atoms with Gasteiger partial charge in [0.15, 0.2) is 11.2 Å². The fourth-order valence-corrected chi connectivity index (χ4v) is 4.16. The summed E-state index contributed by atoms with van der Waals surface area (Å²) in [6.45, 7) is 1.29. The van der Waals surface area contributed by atoms with Crippen LogP contribution in [-0.2, 0) is 11.2 Å². The first-order valence-electron chi connectivity index (χ1n) is 8.77. The molecule has 1 unspecified atom stereocenters. The van der Waals surface area contributed by atoms with Gasteiger partial charge in [-0.05, 0) is 48.5 Å². The van der Waals surface area contributed by atoms with Gasteiger partial charge in [0.05, 0.1) is 16.4 Å². The lowest BCUT2D eigenvalue weighted by Crippen LogP contribution is -2.22. The molecule has 2 N–H and O–H groups in total. The average molecular weight is 431 g/mol. The number of pyridine rings is 1. The number of anilines is 2. The third-order valence-corrected chi connectivity index (χ3v) is 5.95. The van der Waals surface area contributed by atoms with Crippen molar-refractivity contribution in [2.75, 3.05) is 22.7 Å². The number of rotatable bonds is 4. The SMILES string of the molecule is O=C(Nc1ccc(Cl)c(-c2cc(F)ccn2)c1)c1ccc(N2CCNS2=O)cc1. The number of carbonyl (C=O) groups excluding carboxylic acids is 1. The number of aromatic nitrogens is 1. The zero-order chi connectivity index (χ0) is 20.4. The molecule has 2 aromatic carbocycles. The van der Waals surface area contributed by atoms with E-state index in [0.717, 1.165) is 5.69 Å². The molecule has 1 aromatic heterocycles. The molecule has 0 bridgehead atoms. The first-order valence-corrected chi connectivity index (χ1v) is 10.3. The van der Waals surface area contributed by atoms with E-state index in [1.54, 1.807) is 46.8 Å².